The third-order valence-corrected chi connectivity index (χ3v) is 3.13. The van der Waals surface area contributed by atoms with Crippen molar-refractivity contribution in [2.24, 2.45) is 0 Å². The SMILES string of the molecule is Cc1cscc1CNC(=O)NC(=O)CCC(=O)O. The molecule has 3 N–H and O–H groups in total. The van der Waals surface area contributed by atoms with Crippen LogP contribution in [0.15, 0.2) is 10.8 Å². The maximum Gasteiger partial charge on any atom is 0.321 e. The number of hydrogen-bond acceptors (Lipinski definition) is 4. The Morgan fingerprint density at radius 2 is 2.00 bits per heavy atom. The molecule has 6 nitrogen and oxygen atoms in total. The fourth-order valence-electron chi connectivity index (χ4n) is 1.20. The topological polar surface area (TPSA) is 95.5 Å². The van der Waals surface area contributed by atoms with Crippen molar-refractivity contribution >= 4 is 29.2 Å². The Kier molecular flexibility index (Phi) is 5.31. The van der Waals surface area contributed by atoms with Crippen LogP contribution in [0.4, 0.5) is 4.79 Å². The van der Waals surface area contributed by atoms with Gasteiger partial charge in [0.05, 0.1) is 6.42 Å². The molecule has 0 saturated carbocycles. The van der Waals surface area contributed by atoms with Gasteiger partial charge in [-0.3, -0.25) is 14.9 Å². The van der Waals surface area contributed by atoms with Crippen LogP contribution >= 0.6 is 11.3 Å². The second-order valence-corrected chi connectivity index (χ2v) is 4.45. The van der Waals surface area contributed by atoms with Gasteiger partial charge in [0.2, 0.25) is 5.91 Å². The first-order chi connectivity index (χ1) is 8.49. The molecule has 0 aromatic carbocycles. The summed E-state index contributed by atoms with van der Waals surface area (Å²) >= 11 is 1.54. The molecule has 7 heteroatoms. The van der Waals surface area contributed by atoms with Gasteiger partial charge in [-0.1, -0.05) is 0 Å². The summed E-state index contributed by atoms with van der Waals surface area (Å²) in [7, 11) is 0. The lowest BCUT2D eigenvalue weighted by Gasteiger charge is -2.05. The van der Waals surface area contributed by atoms with Gasteiger partial charge in [0.1, 0.15) is 0 Å². The molecular formula is C11H14N2O4S. The Morgan fingerprint density at radius 3 is 2.56 bits per heavy atom. The molecule has 98 valence electrons. The maximum absolute atomic E-state index is 11.3. The number of carbonyl (C=O) groups is 3. The first kappa shape index (κ1) is 14.2. The van der Waals surface area contributed by atoms with Crippen molar-refractivity contribution in [2.75, 3.05) is 0 Å². The van der Waals surface area contributed by atoms with Crippen molar-refractivity contribution in [2.45, 2.75) is 26.3 Å². The molecule has 1 heterocycles. The monoisotopic (exact) mass is 270 g/mol. The van der Waals surface area contributed by atoms with Crippen LogP contribution in [0.1, 0.15) is 24.0 Å². The minimum absolute atomic E-state index is 0.208. The van der Waals surface area contributed by atoms with Crippen LogP contribution in [0.5, 0.6) is 0 Å². The third kappa shape index (κ3) is 4.96. The van der Waals surface area contributed by atoms with Gasteiger partial charge in [-0.2, -0.15) is 11.3 Å². The Labute approximate surface area is 108 Å². The van der Waals surface area contributed by atoms with Crippen molar-refractivity contribution in [1.82, 2.24) is 10.6 Å². The number of carbonyl (C=O) groups excluding carboxylic acids is 2. The van der Waals surface area contributed by atoms with E-state index in [9.17, 15) is 14.4 Å². The summed E-state index contributed by atoms with van der Waals surface area (Å²) in [6.07, 6.45) is -0.497. The summed E-state index contributed by atoms with van der Waals surface area (Å²) in [5, 5.41) is 16.9. The number of aryl methyl sites for hydroxylation is 1. The van der Waals surface area contributed by atoms with Crippen molar-refractivity contribution in [1.29, 1.82) is 0 Å². The molecule has 3 amide bonds. The number of aliphatic carboxylic acids is 1. The van der Waals surface area contributed by atoms with Crippen LogP contribution in [0, 0.1) is 6.92 Å². The maximum atomic E-state index is 11.3. The minimum atomic E-state index is -1.07. The average Bonchev–Trinajstić information content (AvgIpc) is 2.69. The molecule has 1 rings (SSSR count). The molecule has 0 saturated heterocycles. The van der Waals surface area contributed by atoms with E-state index in [2.05, 4.69) is 10.6 Å². The van der Waals surface area contributed by atoms with Gasteiger partial charge in [-0.05, 0) is 28.8 Å². The lowest BCUT2D eigenvalue weighted by atomic mass is 10.2. The number of nitrogens with one attached hydrogen (secondary N) is 2. The predicted molar refractivity (Wildman–Crippen MR) is 66.3 cm³/mol. The number of hydrogen-bond donors (Lipinski definition) is 3. The van der Waals surface area contributed by atoms with Crippen molar-refractivity contribution in [3.05, 3.63) is 21.9 Å². The van der Waals surface area contributed by atoms with Crippen molar-refractivity contribution < 1.29 is 19.5 Å². The highest BCUT2D eigenvalue weighted by atomic mass is 32.1. The summed E-state index contributed by atoms with van der Waals surface area (Å²) < 4.78 is 0. The lowest BCUT2D eigenvalue weighted by molar-refractivity contribution is -0.138. The van der Waals surface area contributed by atoms with Gasteiger partial charge in [0, 0.05) is 13.0 Å². The van der Waals surface area contributed by atoms with Gasteiger partial charge in [-0.25, -0.2) is 4.79 Å². The zero-order chi connectivity index (χ0) is 13.5. The van der Waals surface area contributed by atoms with Crippen LogP contribution in [-0.2, 0) is 16.1 Å². The first-order valence-electron chi connectivity index (χ1n) is 5.30. The number of carboxylic acids is 1. The average molecular weight is 270 g/mol. The number of urea groups is 1. The van der Waals surface area contributed by atoms with Gasteiger partial charge in [0.15, 0.2) is 0 Å². The fourth-order valence-corrected chi connectivity index (χ4v) is 2.05. The van der Waals surface area contributed by atoms with E-state index in [0.717, 1.165) is 11.1 Å². The van der Waals surface area contributed by atoms with Crippen LogP contribution in [0.25, 0.3) is 0 Å². The molecule has 0 aliphatic heterocycles. The second kappa shape index (κ2) is 6.75. The summed E-state index contributed by atoms with van der Waals surface area (Å²) in [4.78, 5) is 32.7. The van der Waals surface area contributed by atoms with E-state index in [4.69, 9.17) is 5.11 Å². The molecule has 0 fully saturated rings. The first-order valence-corrected chi connectivity index (χ1v) is 6.24. The van der Waals surface area contributed by atoms with E-state index < -0.39 is 17.9 Å². The van der Waals surface area contributed by atoms with E-state index >= 15 is 0 Å². The molecule has 0 aliphatic carbocycles. The van der Waals surface area contributed by atoms with E-state index in [-0.39, 0.29) is 12.8 Å². The summed E-state index contributed by atoms with van der Waals surface area (Å²) in [5.41, 5.74) is 2.07. The highest BCUT2D eigenvalue weighted by molar-refractivity contribution is 7.08. The zero-order valence-corrected chi connectivity index (χ0v) is 10.7. The van der Waals surface area contributed by atoms with Crippen LogP contribution in [-0.4, -0.2) is 23.0 Å². The zero-order valence-electron chi connectivity index (χ0n) is 9.86. The Balaban J connectivity index is 2.27. The molecule has 0 aliphatic rings. The summed E-state index contributed by atoms with van der Waals surface area (Å²) in [6.45, 7) is 2.27. The molecule has 0 spiro atoms. The number of thiophene rings is 1. The van der Waals surface area contributed by atoms with Crippen LogP contribution in [0.3, 0.4) is 0 Å². The predicted octanol–water partition coefficient (Wildman–Crippen LogP) is 1.25. The van der Waals surface area contributed by atoms with Crippen LogP contribution in [0.2, 0.25) is 0 Å². The lowest BCUT2D eigenvalue weighted by Crippen LogP contribution is -2.39. The third-order valence-electron chi connectivity index (χ3n) is 2.22. The molecule has 0 radical (unpaired) electrons. The van der Waals surface area contributed by atoms with Gasteiger partial charge >= 0.3 is 12.0 Å². The summed E-state index contributed by atoms with van der Waals surface area (Å²) in [6, 6.07) is -0.615. The highest BCUT2D eigenvalue weighted by Gasteiger charge is 2.09. The van der Waals surface area contributed by atoms with E-state index in [1.54, 1.807) is 0 Å². The fraction of sp³-hybridized carbons (Fsp3) is 0.364. The number of amides is 3. The molecule has 0 unspecified atom stereocenters. The minimum Gasteiger partial charge on any atom is -0.481 e. The Hall–Kier alpha value is -1.89. The smallest absolute Gasteiger partial charge is 0.321 e. The number of rotatable bonds is 5. The molecule has 18 heavy (non-hydrogen) atoms. The second-order valence-electron chi connectivity index (χ2n) is 3.70. The molecule has 0 atom stereocenters. The molecule has 0 bridgehead atoms. The largest absolute Gasteiger partial charge is 0.481 e. The van der Waals surface area contributed by atoms with Crippen molar-refractivity contribution in [3.63, 3.8) is 0 Å². The quantitative estimate of drug-likeness (QED) is 0.750. The molecule has 1 aromatic rings. The number of carboxylic acid groups (broad SMARTS) is 1. The Morgan fingerprint density at radius 1 is 1.28 bits per heavy atom. The normalized spacial score (nSPS) is 9.83. The van der Waals surface area contributed by atoms with E-state index in [0.29, 0.717) is 6.54 Å². The van der Waals surface area contributed by atoms with Gasteiger partial charge in [0.25, 0.3) is 0 Å². The molecule has 1 aromatic heterocycles. The standard InChI is InChI=1S/C11H14N2O4S/c1-7-5-18-6-8(7)4-12-11(17)13-9(14)2-3-10(15)16/h5-6H,2-4H2,1H3,(H,15,16)(H2,12,13,14,17). The van der Waals surface area contributed by atoms with Crippen LogP contribution < -0.4 is 10.6 Å². The highest BCUT2D eigenvalue weighted by Crippen LogP contribution is 2.12. The Bertz CT molecular complexity index is 456. The van der Waals surface area contributed by atoms with E-state index in [1.165, 1.54) is 11.3 Å². The number of imide groups is 1. The summed E-state index contributed by atoms with van der Waals surface area (Å²) in [5.74, 6) is -1.67. The van der Waals surface area contributed by atoms with Gasteiger partial charge < -0.3 is 10.4 Å². The van der Waals surface area contributed by atoms with Crippen molar-refractivity contribution in [3.8, 4) is 0 Å². The molecular weight excluding hydrogens is 256 g/mol. The van der Waals surface area contributed by atoms with E-state index in [1.807, 2.05) is 17.7 Å². The van der Waals surface area contributed by atoms with Gasteiger partial charge in [-0.15, -0.1) is 0 Å².